The molecule has 0 spiro atoms. The number of rotatable bonds is 15. The summed E-state index contributed by atoms with van der Waals surface area (Å²) in [5.41, 5.74) is 2.19. The standard InChI is InChI=1S/C24H33F2NO3/c25-24(26,16-20-9-4-3-5-10-20)19-30-14-7-2-1-6-13-27-17-23(29)22-12-8-11-21(15-22)18-28/h3-5,8-12,15,23,27-29H,1-2,6-7,13-14,16-19H2. The van der Waals surface area contributed by atoms with Crippen molar-refractivity contribution in [2.75, 3.05) is 26.3 Å². The van der Waals surface area contributed by atoms with Crippen LogP contribution in [0, 0.1) is 0 Å². The second-order valence-corrected chi connectivity index (χ2v) is 7.61. The summed E-state index contributed by atoms with van der Waals surface area (Å²) < 4.78 is 33.0. The highest BCUT2D eigenvalue weighted by Crippen LogP contribution is 2.20. The molecular formula is C24H33F2NO3. The lowest BCUT2D eigenvalue weighted by Gasteiger charge is -2.16. The third-order valence-electron chi connectivity index (χ3n) is 4.87. The van der Waals surface area contributed by atoms with Crippen molar-refractivity contribution in [3.8, 4) is 0 Å². The van der Waals surface area contributed by atoms with Crippen LogP contribution in [0.2, 0.25) is 0 Å². The second-order valence-electron chi connectivity index (χ2n) is 7.61. The Hall–Kier alpha value is -1.86. The fourth-order valence-corrected chi connectivity index (χ4v) is 3.23. The van der Waals surface area contributed by atoms with Crippen molar-refractivity contribution in [1.82, 2.24) is 5.32 Å². The van der Waals surface area contributed by atoms with E-state index >= 15 is 0 Å². The van der Waals surface area contributed by atoms with E-state index in [0.717, 1.165) is 43.4 Å². The van der Waals surface area contributed by atoms with Crippen molar-refractivity contribution >= 4 is 0 Å². The van der Waals surface area contributed by atoms with E-state index in [0.29, 0.717) is 18.7 Å². The summed E-state index contributed by atoms with van der Waals surface area (Å²) in [5.74, 6) is -2.84. The number of alkyl halides is 2. The minimum Gasteiger partial charge on any atom is -0.392 e. The molecule has 0 aliphatic rings. The van der Waals surface area contributed by atoms with Crippen LogP contribution in [-0.4, -0.2) is 42.4 Å². The van der Waals surface area contributed by atoms with Gasteiger partial charge in [0.1, 0.15) is 6.61 Å². The van der Waals surface area contributed by atoms with E-state index in [4.69, 9.17) is 9.84 Å². The summed E-state index contributed by atoms with van der Waals surface area (Å²) in [7, 11) is 0. The van der Waals surface area contributed by atoms with Crippen molar-refractivity contribution in [3.05, 3.63) is 71.3 Å². The first-order valence-corrected chi connectivity index (χ1v) is 10.6. The molecular weight excluding hydrogens is 388 g/mol. The predicted octanol–water partition coefficient (Wildman–Crippen LogP) is 4.26. The number of nitrogens with one attached hydrogen (secondary N) is 1. The fourth-order valence-electron chi connectivity index (χ4n) is 3.23. The van der Waals surface area contributed by atoms with Crippen LogP contribution >= 0.6 is 0 Å². The molecule has 0 heterocycles. The van der Waals surface area contributed by atoms with Crippen LogP contribution in [0.3, 0.4) is 0 Å². The molecule has 2 aromatic rings. The molecule has 0 saturated carbocycles. The molecule has 2 aromatic carbocycles. The third kappa shape index (κ3) is 9.76. The van der Waals surface area contributed by atoms with Crippen molar-refractivity contribution < 1.29 is 23.7 Å². The molecule has 0 aliphatic carbocycles. The molecule has 0 bridgehead atoms. The van der Waals surface area contributed by atoms with Crippen molar-refractivity contribution in [2.45, 2.75) is 50.7 Å². The Balaban J connectivity index is 1.46. The smallest absolute Gasteiger partial charge is 0.274 e. The number of unbranched alkanes of at least 4 members (excludes halogenated alkanes) is 3. The molecule has 0 saturated heterocycles. The van der Waals surface area contributed by atoms with E-state index in [-0.39, 0.29) is 13.0 Å². The van der Waals surface area contributed by atoms with Gasteiger partial charge < -0.3 is 20.3 Å². The topological polar surface area (TPSA) is 61.7 Å². The number of aliphatic hydroxyl groups is 2. The molecule has 2 rings (SSSR count). The van der Waals surface area contributed by atoms with Crippen molar-refractivity contribution in [3.63, 3.8) is 0 Å². The van der Waals surface area contributed by atoms with Crippen LogP contribution < -0.4 is 5.32 Å². The number of ether oxygens (including phenoxy) is 1. The number of hydrogen-bond acceptors (Lipinski definition) is 4. The van der Waals surface area contributed by atoms with Crippen LogP contribution in [0.15, 0.2) is 54.6 Å². The van der Waals surface area contributed by atoms with E-state index in [1.807, 2.05) is 24.3 Å². The molecule has 0 aromatic heterocycles. The van der Waals surface area contributed by atoms with E-state index in [9.17, 15) is 13.9 Å². The molecule has 1 atom stereocenters. The summed E-state index contributed by atoms with van der Waals surface area (Å²) in [6.07, 6.45) is 2.71. The zero-order chi connectivity index (χ0) is 21.7. The molecule has 30 heavy (non-hydrogen) atoms. The van der Waals surface area contributed by atoms with Gasteiger partial charge in [0.05, 0.1) is 12.7 Å². The first-order chi connectivity index (χ1) is 14.5. The van der Waals surface area contributed by atoms with Crippen LogP contribution in [0.1, 0.15) is 48.5 Å². The highest BCUT2D eigenvalue weighted by molar-refractivity contribution is 5.24. The number of benzene rings is 2. The predicted molar refractivity (Wildman–Crippen MR) is 115 cm³/mol. The van der Waals surface area contributed by atoms with Crippen LogP contribution in [-0.2, 0) is 17.8 Å². The Labute approximate surface area is 177 Å². The summed E-state index contributed by atoms with van der Waals surface area (Å²) in [4.78, 5) is 0. The largest absolute Gasteiger partial charge is 0.392 e. The molecule has 166 valence electrons. The summed E-state index contributed by atoms with van der Waals surface area (Å²) in [6, 6.07) is 16.0. The summed E-state index contributed by atoms with van der Waals surface area (Å²) in [6.45, 7) is 1.00. The second kappa shape index (κ2) is 13.4. The van der Waals surface area contributed by atoms with E-state index in [1.165, 1.54) is 0 Å². The quantitative estimate of drug-likeness (QED) is 0.376. The van der Waals surface area contributed by atoms with Gasteiger partial charge in [0, 0.05) is 19.6 Å². The van der Waals surface area contributed by atoms with Crippen molar-refractivity contribution in [2.24, 2.45) is 0 Å². The van der Waals surface area contributed by atoms with E-state index < -0.39 is 18.6 Å². The minimum atomic E-state index is -2.84. The SMILES string of the molecule is OCc1cccc(C(O)CNCCCCCCOCC(F)(F)Cc2ccccc2)c1. The molecule has 6 heteroatoms. The highest BCUT2D eigenvalue weighted by atomic mass is 19.3. The first kappa shape index (κ1) is 24.4. The minimum absolute atomic E-state index is 0.0393. The fraction of sp³-hybridized carbons (Fsp3) is 0.500. The van der Waals surface area contributed by atoms with Crippen LogP contribution in [0.4, 0.5) is 8.78 Å². The maximum absolute atomic E-state index is 13.9. The lowest BCUT2D eigenvalue weighted by atomic mass is 10.1. The maximum Gasteiger partial charge on any atom is 0.274 e. The lowest BCUT2D eigenvalue weighted by Crippen LogP contribution is -2.26. The van der Waals surface area contributed by atoms with E-state index in [2.05, 4.69) is 5.32 Å². The van der Waals surface area contributed by atoms with Crippen LogP contribution in [0.25, 0.3) is 0 Å². The summed E-state index contributed by atoms with van der Waals surface area (Å²) in [5, 5.41) is 22.6. The maximum atomic E-state index is 13.9. The molecule has 0 aliphatic heterocycles. The van der Waals surface area contributed by atoms with Gasteiger partial charge in [0.2, 0.25) is 0 Å². The van der Waals surface area contributed by atoms with Gasteiger partial charge >= 0.3 is 0 Å². The molecule has 1 unspecified atom stereocenters. The molecule has 3 N–H and O–H groups in total. The lowest BCUT2D eigenvalue weighted by molar-refractivity contribution is -0.0765. The number of hydrogen-bond donors (Lipinski definition) is 3. The van der Waals surface area contributed by atoms with Gasteiger partial charge in [-0.1, -0.05) is 67.4 Å². The zero-order valence-electron chi connectivity index (χ0n) is 17.4. The molecule has 4 nitrogen and oxygen atoms in total. The highest BCUT2D eigenvalue weighted by Gasteiger charge is 2.29. The normalized spacial score (nSPS) is 12.8. The van der Waals surface area contributed by atoms with E-state index in [1.54, 1.807) is 30.3 Å². The van der Waals surface area contributed by atoms with Gasteiger partial charge in [-0.05, 0) is 36.1 Å². The zero-order valence-corrected chi connectivity index (χ0v) is 17.4. The van der Waals surface area contributed by atoms with Gasteiger partial charge in [-0.3, -0.25) is 0 Å². The van der Waals surface area contributed by atoms with Crippen molar-refractivity contribution in [1.29, 1.82) is 0 Å². The Bertz CT molecular complexity index is 713. The Kier molecular flexibility index (Phi) is 10.9. The Morgan fingerprint density at radius 3 is 2.43 bits per heavy atom. The third-order valence-corrected chi connectivity index (χ3v) is 4.87. The van der Waals surface area contributed by atoms with Gasteiger partial charge in [-0.25, -0.2) is 8.78 Å². The van der Waals surface area contributed by atoms with Crippen LogP contribution in [0.5, 0.6) is 0 Å². The Morgan fingerprint density at radius 1 is 0.933 bits per heavy atom. The molecule has 0 radical (unpaired) electrons. The average Bonchev–Trinajstić information content (AvgIpc) is 2.75. The molecule has 0 fully saturated rings. The molecule has 0 amide bonds. The van der Waals surface area contributed by atoms with Gasteiger partial charge in [-0.2, -0.15) is 0 Å². The monoisotopic (exact) mass is 421 g/mol. The van der Waals surface area contributed by atoms with Gasteiger partial charge in [0.15, 0.2) is 0 Å². The van der Waals surface area contributed by atoms with Gasteiger partial charge in [0.25, 0.3) is 5.92 Å². The average molecular weight is 422 g/mol. The Morgan fingerprint density at radius 2 is 1.67 bits per heavy atom. The number of halogens is 2. The summed E-state index contributed by atoms with van der Waals surface area (Å²) >= 11 is 0. The number of aliphatic hydroxyl groups excluding tert-OH is 2. The first-order valence-electron chi connectivity index (χ1n) is 10.6. The van der Waals surface area contributed by atoms with Gasteiger partial charge in [-0.15, -0.1) is 0 Å².